The molecule has 1 saturated heterocycles. The van der Waals surface area contributed by atoms with Crippen molar-refractivity contribution in [3.05, 3.63) is 52.9 Å². The van der Waals surface area contributed by atoms with Crippen LogP contribution in [0.1, 0.15) is 40.7 Å². The molecule has 0 amide bonds. The Morgan fingerprint density at radius 1 is 1.22 bits per heavy atom. The Morgan fingerprint density at radius 3 is 2.78 bits per heavy atom. The highest BCUT2D eigenvalue weighted by atomic mass is 19.1. The number of hydrogen-bond donors (Lipinski definition) is 1. The van der Waals surface area contributed by atoms with Gasteiger partial charge in [0.05, 0.1) is 11.8 Å². The number of aromatic nitrogens is 1. The zero-order valence-electron chi connectivity index (χ0n) is 12.1. The molecule has 1 aromatic heterocycles. The molecule has 0 radical (unpaired) electrons. The van der Waals surface area contributed by atoms with Gasteiger partial charge in [-0.15, -0.1) is 0 Å². The summed E-state index contributed by atoms with van der Waals surface area (Å²) in [6, 6.07) is 4.67. The van der Waals surface area contributed by atoms with Crippen molar-refractivity contribution in [3.8, 4) is 11.1 Å². The van der Waals surface area contributed by atoms with Crippen LogP contribution in [0.15, 0.2) is 24.3 Å². The van der Waals surface area contributed by atoms with Crippen LogP contribution in [0, 0.1) is 11.6 Å². The summed E-state index contributed by atoms with van der Waals surface area (Å²) in [6.07, 6.45) is 2.01. The second-order valence-electron chi connectivity index (χ2n) is 5.88. The van der Waals surface area contributed by atoms with Crippen LogP contribution in [0.5, 0.6) is 0 Å². The first kappa shape index (κ1) is 14.3. The molecule has 0 unspecified atom stereocenters. The quantitative estimate of drug-likeness (QED) is 0.921. The van der Waals surface area contributed by atoms with Crippen LogP contribution in [-0.2, 0) is 11.2 Å². The summed E-state index contributed by atoms with van der Waals surface area (Å²) in [5, 5.41) is 9.28. The van der Waals surface area contributed by atoms with Gasteiger partial charge in [-0.05, 0) is 42.2 Å². The van der Waals surface area contributed by atoms with Gasteiger partial charge >= 0.3 is 5.97 Å². The zero-order valence-corrected chi connectivity index (χ0v) is 12.1. The largest absolute Gasteiger partial charge is 0.477 e. The minimum Gasteiger partial charge on any atom is -0.477 e. The van der Waals surface area contributed by atoms with Crippen LogP contribution in [-0.4, -0.2) is 22.2 Å². The van der Waals surface area contributed by atoms with Gasteiger partial charge in [0.2, 0.25) is 0 Å². The van der Waals surface area contributed by atoms with E-state index in [9.17, 15) is 18.7 Å². The molecule has 3 heterocycles. The van der Waals surface area contributed by atoms with Gasteiger partial charge in [0, 0.05) is 18.1 Å². The predicted molar refractivity (Wildman–Crippen MR) is 77.1 cm³/mol. The van der Waals surface area contributed by atoms with Crippen molar-refractivity contribution in [2.75, 3.05) is 0 Å². The Hall–Kier alpha value is -2.34. The van der Waals surface area contributed by atoms with E-state index in [0.717, 1.165) is 24.5 Å². The Labute approximate surface area is 130 Å². The third-order valence-corrected chi connectivity index (χ3v) is 4.44. The first-order valence-electron chi connectivity index (χ1n) is 7.41. The normalized spacial score (nSPS) is 22.0. The molecule has 4 rings (SSSR count). The minimum absolute atomic E-state index is 0.0484. The lowest BCUT2D eigenvalue weighted by molar-refractivity contribution is 0.0293. The van der Waals surface area contributed by atoms with E-state index in [1.54, 1.807) is 0 Å². The molecule has 0 spiro atoms. The molecule has 1 fully saturated rings. The highest BCUT2D eigenvalue weighted by molar-refractivity contribution is 5.88. The molecule has 2 aliphatic heterocycles. The highest BCUT2D eigenvalue weighted by Gasteiger charge is 2.37. The summed E-state index contributed by atoms with van der Waals surface area (Å²) in [5.74, 6) is -2.57. The molecule has 2 aromatic rings. The van der Waals surface area contributed by atoms with Gasteiger partial charge in [-0.3, -0.25) is 0 Å². The molecule has 2 bridgehead atoms. The first-order chi connectivity index (χ1) is 11.0. The van der Waals surface area contributed by atoms with E-state index in [2.05, 4.69) is 4.98 Å². The number of fused-ring (bicyclic) bond motifs is 4. The smallest absolute Gasteiger partial charge is 0.354 e. The molecule has 2 atom stereocenters. The highest BCUT2D eigenvalue weighted by Crippen LogP contribution is 2.43. The lowest BCUT2D eigenvalue weighted by Crippen LogP contribution is -2.21. The van der Waals surface area contributed by atoms with Crippen LogP contribution in [0.2, 0.25) is 0 Å². The molecule has 4 nitrogen and oxygen atoms in total. The van der Waals surface area contributed by atoms with Crippen molar-refractivity contribution < 1.29 is 23.4 Å². The number of carbonyl (C=O) groups is 1. The van der Waals surface area contributed by atoms with E-state index in [1.165, 1.54) is 18.2 Å². The third-order valence-electron chi connectivity index (χ3n) is 4.44. The van der Waals surface area contributed by atoms with E-state index in [-0.39, 0.29) is 23.5 Å². The van der Waals surface area contributed by atoms with Gasteiger partial charge in [-0.25, -0.2) is 18.6 Å². The van der Waals surface area contributed by atoms with Gasteiger partial charge < -0.3 is 9.84 Å². The fraction of sp³-hybridized carbons (Fsp3) is 0.294. The molecule has 0 saturated carbocycles. The van der Waals surface area contributed by atoms with E-state index in [0.29, 0.717) is 17.7 Å². The number of carboxylic acid groups (broad SMARTS) is 1. The number of halogens is 2. The summed E-state index contributed by atoms with van der Waals surface area (Å²) in [7, 11) is 0. The van der Waals surface area contributed by atoms with Gasteiger partial charge in [-0.2, -0.15) is 0 Å². The van der Waals surface area contributed by atoms with E-state index >= 15 is 0 Å². The molecule has 23 heavy (non-hydrogen) atoms. The Balaban J connectivity index is 1.97. The number of benzene rings is 1. The first-order valence-corrected chi connectivity index (χ1v) is 7.41. The maximum absolute atomic E-state index is 14.2. The lowest BCUT2D eigenvalue weighted by Gasteiger charge is -2.25. The summed E-state index contributed by atoms with van der Waals surface area (Å²) < 4.78 is 33.2. The number of pyridine rings is 1. The summed E-state index contributed by atoms with van der Waals surface area (Å²) in [6.45, 7) is 0. The second-order valence-corrected chi connectivity index (χ2v) is 5.88. The van der Waals surface area contributed by atoms with Crippen molar-refractivity contribution in [1.82, 2.24) is 4.98 Å². The van der Waals surface area contributed by atoms with Crippen LogP contribution in [0.25, 0.3) is 11.1 Å². The molecule has 118 valence electrons. The minimum atomic E-state index is -1.18. The van der Waals surface area contributed by atoms with E-state index < -0.39 is 17.6 Å². The zero-order chi connectivity index (χ0) is 16.1. The number of rotatable bonds is 2. The van der Waals surface area contributed by atoms with Crippen LogP contribution in [0.3, 0.4) is 0 Å². The topological polar surface area (TPSA) is 59.4 Å². The van der Waals surface area contributed by atoms with E-state index in [4.69, 9.17) is 4.74 Å². The Kier molecular flexibility index (Phi) is 3.16. The molecule has 1 N–H and O–H groups in total. The lowest BCUT2D eigenvalue weighted by atomic mass is 9.92. The molecule has 2 aliphatic rings. The molecule has 6 heteroatoms. The summed E-state index contributed by atoms with van der Waals surface area (Å²) in [5.41, 5.74) is 1.87. The van der Waals surface area contributed by atoms with Crippen LogP contribution in [0.4, 0.5) is 8.78 Å². The Bertz CT molecular complexity index is 822. The maximum Gasteiger partial charge on any atom is 0.354 e. The summed E-state index contributed by atoms with van der Waals surface area (Å²) in [4.78, 5) is 15.6. The average Bonchev–Trinajstić information content (AvgIpc) is 2.89. The number of ether oxygens (including phenoxy) is 1. The monoisotopic (exact) mass is 317 g/mol. The van der Waals surface area contributed by atoms with Gasteiger partial charge in [-0.1, -0.05) is 0 Å². The fourth-order valence-electron chi connectivity index (χ4n) is 3.41. The van der Waals surface area contributed by atoms with Crippen molar-refractivity contribution >= 4 is 5.97 Å². The number of carboxylic acids is 1. The van der Waals surface area contributed by atoms with Crippen LogP contribution >= 0.6 is 0 Å². The van der Waals surface area contributed by atoms with Crippen molar-refractivity contribution in [3.63, 3.8) is 0 Å². The number of nitrogens with zero attached hydrogens (tertiary/aromatic N) is 1. The number of aromatic carboxylic acids is 1. The second kappa shape index (κ2) is 5.09. The van der Waals surface area contributed by atoms with Crippen LogP contribution < -0.4 is 0 Å². The molecular formula is C17H13F2NO3. The average molecular weight is 317 g/mol. The van der Waals surface area contributed by atoms with Crippen molar-refractivity contribution in [1.29, 1.82) is 0 Å². The molecule has 1 aromatic carbocycles. The maximum atomic E-state index is 14.2. The van der Waals surface area contributed by atoms with Gasteiger partial charge in [0.1, 0.15) is 23.4 Å². The third kappa shape index (κ3) is 2.30. The molecule has 0 aliphatic carbocycles. The van der Waals surface area contributed by atoms with Gasteiger partial charge in [0.25, 0.3) is 0 Å². The van der Waals surface area contributed by atoms with E-state index in [1.807, 2.05) is 0 Å². The van der Waals surface area contributed by atoms with Crippen molar-refractivity contribution in [2.45, 2.75) is 31.5 Å². The fourth-order valence-corrected chi connectivity index (χ4v) is 3.41. The summed E-state index contributed by atoms with van der Waals surface area (Å²) >= 11 is 0. The number of hydrogen-bond acceptors (Lipinski definition) is 3. The standard InChI is InChI=1S/C17H13F2NO3/c18-8-1-3-10(13(19)5-8)11-7-14(17(21)22)20-16-12(11)6-9-2-4-15(16)23-9/h1,3,5,7,9,15H,2,4,6H2,(H,21,22)/t9-,15+/m0/s1. The Morgan fingerprint density at radius 2 is 2.04 bits per heavy atom. The molecular weight excluding hydrogens is 304 g/mol. The van der Waals surface area contributed by atoms with Gasteiger partial charge in [0.15, 0.2) is 0 Å². The van der Waals surface area contributed by atoms with Crippen molar-refractivity contribution in [2.24, 2.45) is 0 Å². The SMILES string of the molecule is O=C(O)c1cc(-c2ccc(F)cc2F)c2c(n1)[C@H]1CC[C@@H](C2)O1. The predicted octanol–water partition coefficient (Wildman–Crippen LogP) is 3.50.